The third-order valence-corrected chi connectivity index (χ3v) is 6.71. The van der Waals surface area contributed by atoms with Crippen molar-refractivity contribution in [2.75, 3.05) is 0 Å². The Morgan fingerprint density at radius 2 is 1.15 bits per heavy atom. The first-order valence-electron chi connectivity index (χ1n) is 2.99. The Hall–Kier alpha value is 2.20. The second-order valence-corrected chi connectivity index (χ2v) is 10.0. The Morgan fingerprint density at radius 3 is 1.31 bits per heavy atom. The van der Waals surface area contributed by atoms with Crippen molar-refractivity contribution in [1.82, 2.24) is 0 Å². The van der Waals surface area contributed by atoms with Crippen LogP contribution in [0.5, 0.6) is 0 Å². The van der Waals surface area contributed by atoms with Gasteiger partial charge < -0.3 is 0 Å². The molecular weight excluding hydrogens is 495 g/mol. The Labute approximate surface area is 124 Å². The summed E-state index contributed by atoms with van der Waals surface area (Å²) >= 11 is 27.1. The smallest absolute Gasteiger partial charge is 0.105 e. The average molecular weight is 497 g/mol. The predicted molar refractivity (Wildman–Crippen MR) is 75.5 cm³/mol. The Balaban J connectivity index is 3.20. The molecule has 0 bridgehead atoms. The van der Waals surface area contributed by atoms with Crippen LogP contribution in [-0.2, 0) is 0 Å². The average Bonchev–Trinajstić information content (AvgIpc) is 2.29. The van der Waals surface area contributed by atoms with Gasteiger partial charge >= 0.3 is 0 Å². The standard InChI is InChI=1S/C6H2Br4Cl2S/c7-5(8)3-1(11)2(12)4(13-3)6(9)10/h5-6H. The summed E-state index contributed by atoms with van der Waals surface area (Å²) in [6.45, 7) is 0. The van der Waals surface area contributed by atoms with E-state index in [1.54, 1.807) is 11.3 Å². The zero-order valence-corrected chi connectivity index (χ0v) is 14.5. The number of alkyl halides is 4. The summed E-state index contributed by atoms with van der Waals surface area (Å²) in [5.41, 5.74) is 0. The first kappa shape index (κ1) is 13.3. The van der Waals surface area contributed by atoms with Gasteiger partial charge in [-0.25, -0.2) is 0 Å². The van der Waals surface area contributed by atoms with Crippen molar-refractivity contribution in [3.05, 3.63) is 19.8 Å². The molecule has 0 nitrogen and oxygen atoms in total. The van der Waals surface area contributed by atoms with Gasteiger partial charge in [0.25, 0.3) is 0 Å². The first-order chi connectivity index (χ1) is 5.95. The largest absolute Gasteiger partial charge is 0.138 e. The molecule has 0 saturated carbocycles. The molecule has 1 aromatic rings. The second-order valence-electron chi connectivity index (χ2n) is 2.06. The molecule has 0 spiro atoms. The minimum absolute atomic E-state index is 0.0440. The predicted octanol–water partition coefficient (Wildman–Crippen LogP) is 6.63. The maximum absolute atomic E-state index is 6.03. The molecule has 0 aliphatic carbocycles. The fraction of sp³-hybridized carbons (Fsp3) is 0.333. The third-order valence-electron chi connectivity index (χ3n) is 1.24. The zero-order chi connectivity index (χ0) is 10.2. The van der Waals surface area contributed by atoms with Gasteiger partial charge in [0.05, 0.1) is 10.0 Å². The molecule has 13 heavy (non-hydrogen) atoms. The number of halogens is 6. The molecule has 1 rings (SSSR count). The highest BCUT2D eigenvalue weighted by Crippen LogP contribution is 2.50. The third kappa shape index (κ3) is 3.08. The van der Waals surface area contributed by atoms with Crippen LogP contribution in [0.4, 0.5) is 0 Å². The molecule has 0 aliphatic rings. The summed E-state index contributed by atoms with van der Waals surface area (Å²) in [6.07, 6.45) is 0. The lowest BCUT2D eigenvalue weighted by Crippen LogP contribution is -1.72. The van der Waals surface area contributed by atoms with Crippen molar-refractivity contribution >= 4 is 98.3 Å². The summed E-state index contributed by atoms with van der Waals surface area (Å²) in [5, 5.41) is 1.20. The van der Waals surface area contributed by atoms with Crippen molar-refractivity contribution in [3.63, 3.8) is 0 Å². The lowest BCUT2D eigenvalue weighted by atomic mass is 10.4. The maximum atomic E-state index is 6.03. The molecule has 0 aromatic carbocycles. The van der Waals surface area contributed by atoms with Crippen molar-refractivity contribution < 1.29 is 0 Å². The summed E-state index contributed by atoms with van der Waals surface area (Å²) in [5.74, 6) is 0. The fourth-order valence-electron chi connectivity index (χ4n) is 0.705. The van der Waals surface area contributed by atoms with Gasteiger partial charge in [-0.2, -0.15) is 0 Å². The van der Waals surface area contributed by atoms with E-state index < -0.39 is 0 Å². The highest BCUT2D eigenvalue weighted by Gasteiger charge is 2.21. The highest BCUT2D eigenvalue weighted by atomic mass is 79.9. The van der Waals surface area contributed by atoms with Crippen molar-refractivity contribution in [2.45, 2.75) is 7.47 Å². The van der Waals surface area contributed by atoms with Gasteiger partial charge in [0.1, 0.15) is 7.47 Å². The van der Waals surface area contributed by atoms with Crippen LogP contribution in [0.1, 0.15) is 17.2 Å². The minimum Gasteiger partial charge on any atom is -0.138 e. The molecule has 7 heteroatoms. The normalized spacial score (nSPS) is 11.7. The van der Waals surface area contributed by atoms with Gasteiger partial charge in [-0.3, -0.25) is 0 Å². The van der Waals surface area contributed by atoms with E-state index in [0.717, 1.165) is 9.75 Å². The Bertz CT molecular complexity index is 281. The maximum Gasteiger partial charge on any atom is 0.105 e. The van der Waals surface area contributed by atoms with Gasteiger partial charge in [0.2, 0.25) is 0 Å². The van der Waals surface area contributed by atoms with E-state index in [1.807, 2.05) is 0 Å². The van der Waals surface area contributed by atoms with Crippen LogP contribution in [0.15, 0.2) is 0 Å². The van der Waals surface area contributed by atoms with Crippen LogP contribution in [0.25, 0.3) is 0 Å². The fourth-order valence-corrected chi connectivity index (χ4v) is 4.83. The molecular formula is C6H2Br4Cl2S. The van der Waals surface area contributed by atoms with Crippen LogP contribution in [0.2, 0.25) is 10.0 Å². The van der Waals surface area contributed by atoms with E-state index in [4.69, 9.17) is 23.2 Å². The molecule has 0 radical (unpaired) electrons. The van der Waals surface area contributed by atoms with Crippen molar-refractivity contribution in [2.24, 2.45) is 0 Å². The van der Waals surface area contributed by atoms with Gasteiger partial charge in [-0.1, -0.05) is 86.9 Å². The van der Waals surface area contributed by atoms with Crippen LogP contribution in [0.3, 0.4) is 0 Å². The Kier molecular flexibility index (Phi) is 5.62. The summed E-state index contributed by atoms with van der Waals surface area (Å²) in [6, 6.07) is 0. The van der Waals surface area contributed by atoms with Crippen LogP contribution in [0, 0.1) is 0 Å². The van der Waals surface area contributed by atoms with E-state index in [1.165, 1.54) is 0 Å². The number of rotatable bonds is 2. The topological polar surface area (TPSA) is 0 Å². The van der Waals surface area contributed by atoms with Gasteiger partial charge in [0, 0.05) is 9.75 Å². The van der Waals surface area contributed by atoms with Crippen molar-refractivity contribution in [1.29, 1.82) is 0 Å². The molecule has 0 N–H and O–H groups in total. The number of hydrogen-bond donors (Lipinski definition) is 0. The van der Waals surface area contributed by atoms with Gasteiger partial charge in [-0.05, 0) is 0 Å². The Morgan fingerprint density at radius 1 is 0.846 bits per heavy atom. The monoisotopic (exact) mass is 492 g/mol. The van der Waals surface area contributed by atoms with Crippen LogP contribution in [-0.4, -0.2) is 0 Å². The second kappa shape index (κ2) is 5.51. The molecule has 0 atom stereocenters. The molecule has 0 unspecified atom stereocenters. The molecule has 0 amide bonds. The highest BCUT2D eigenvalue weighted by molar-refractivity contribution is 9.24. The molecule has 74 valence electrons. The van der Waals surface area contributed by atoms with E-state index in [2.05, 4.69) is 63.7 Å². The van der Waals surface area contributed by atoms with E-state index in [0.29, 0.717) is 10.0 Å². The van der Waals surface area contributed by atoms with E-state index in [-0.39, 0.29) is 7.47 Å². The molecule has 0 aliphatic heterocycles. The van der Waals surface area contributed by atoms with Gasteiger partial charge in [0.15, 0.2) is 0 Å². The number of thiophene rings is 1. The van der Waals surface area contributed by atoms with Crippen molar-refractivity contribution in [3.8, 4) is 0 Å². The van der Waals surface area contributed by atoms with E-state index in [9.17, 15) is 0 Å². The lowest BCUT2D eigenvalue weighted by molar-refractivity contribution is 1.54. The molecule has 0 saturated heterocycles. The molecule has 0 fully saturated rings. The van der Waals surface area contributed by atoms with Gasteiger partial charge in [-0.15, -0.1) is 11.3 Å². The minimum atomic E-state index is 0.0440. The zero-order valence-electron chi connectivity index (χ0n) is 5.83. The summed E-state index contributed by atoms with van der Waals surface area (Å²) in [4.78, 5) is 1.95. The molecule has 1 aromatic heterocycles. The lowest BCUT2D eigenvalue weighted by Gasteiger charge is -1.96. The first-order valence-corrected chi connectivity index (χ1v) is 8.22. The number of hydrogen-bond acceptors (Lipinski definition) is 1. The van der Waals surface area contributed by atoms with Crippen LogP contribution >= 0.6 is 98.3 Å². The molecule has 1 heterocycles. The van der Waals surface area contributed by atoms with Crippen LogP contribution < -0.4 is 0 Å². The SMILES string of the molecule is Clc1c(C(Br)Br)sc(C(Br)Br)c1Cl. The van der Waals surface area contributed by atoms with E-state index >= 15 is 0 Å². The quantitative estimate of drug-likeness (QED) is 0.403. The summed E-state index contributed by atoms with van der Waals surface area (Å²) < 4.78 is 0.0880. The summed E-state index contributed by atoms with van der Waals surface area (Å²) in [7, 11) is 0.